The topological polar surface area (TPSA) is 40.1 Å². The Morgan fingerprint density at radius 3 is 2.75 bits per heavy atom. The molecule has 1 rings (SSSR count). The monoisotopic (exact) mass is 111 g/mol. The van der Waals surface area contributed by atoms with E-state index in [2.05, 4.69) is 0 Å². The molecule has 0 bridgehead atoms. The van der Waals surface area contributed by atoms with Gasteiger partial charge in [-0.1, -0.05) is 18.6 Å². The summed E-state index contributed by atoms with van der Waals surface area (Å²) in [6.07, 6.45) is 2.56. The minimum absolute atomic E-state index is 0.319. The Morgan fingerprint density at radius 2 is 2.62 bits per heavy atom. The highest BCUT2D eigenvalue weighted by atomic mass is 16.4. The standard InChI is InChI=1S/C6H8O2/c1-2-4-3-5(4)6(7)8/h3,5H,2H2,1H3,(H,7,8)/p-1. The van der Waals surface area contributed by atoms with Crippen molar-refractivity contribution in [1.82, 2.24) is 0 Å². The second-order valence-electron chi connectivity index (χ2n) is 1.89. The maximum absolute atomic E-state index is 9.97. The Labute approximate surface area is 47.8 Å². The van der Waals surface area contributed by atoms with Crippen molar-refractivity contribution < 1.29 is 9.90 Å². The van der Waals surface area contributed by atoms with Crippen molar-refractivity contribution in [2.45, 2.75) is 13.3 Å². The zero-order valence-electron chi connectivity index (χ0n) is 4.68. The molecule has 1 aliphatic carbocycles. The lowest BCUT2D eigenvalue weighted by atomic mass is 10.2. The Balaban J connectivity index is 2.33. The van der Waals surface area contributed by atoms with Gasteiger partial charge in [0.2, 0.25) is 0 Å². The molecule has 1 aliphatic rings. The molecule has 0 aromatic heterocycles. The van der Waals surface area contributed by atoms with Gasteiger partial charge in [-0.25, -0.2) is 0 Å². The third kappa shape index (κ3) is 0.735. The normalized spacial score (nSPS) is 24.6. The summed E-state index contributed by atoms with van der Waals surface area (Å²) in [5, 5.41) is 9.97. The summed E-state index contributed by atoms with van der Waals surface area (Å²) in [6.45, 7) is 1.94. The van der Waals surface area contributed by atoms with E-state index in [0.29, 0.717) is 0 Å². The van der Waals surface area contributed by atoms with Gasteiger partial charge in [0.25, 0.3) is 0 Å². The summed E-state index contributed by atoms with van der Waals surface area (Å²) < 4.78 is 0. The van der Waals surface area contributed by atoms with Crippen LogP contribution in [0.4, 0.5) is 0 Å². The second-order valence-corrected chi connectivity index (χ2v) is 1.89. The van der Waals surface area contributed by atoms with E-state index in [-0.39, 0.29) is 5.92 Å². The maximum Gasteiger partial charge on any atom is 0.0524 e. The molecule has 0 aliphatic heterocycles. The minimum atomic E-state index is -0.957. The lowest BCUT2D eigenvalue weighted by Gasteiger charge is -1.96. The molecule has 2 heteroatoms. The largest absolute Gasteiger partial charge is 0.549 e. The van der Waals surface area contributed by atoms with E-state index < -0.39 is 5.97 Å². The summed E-state index contributed by atoms with van der Waals surface area (Å²) in [5.41, 5.74) is 1.00. The van der Waals surface area contributed by atoms with Gasteiger partial charge in [-0.05, 0) is 6.42 Å². The van der Waals surface area contributed by atoms with Crippen LogP contribution in [0.2, 0.25) is 0 Å². The average Bonchev–Trinajstić information content (AvgIpc) is 2.42. The van der Waals surface area contributed by atoms with Crippen LogP contribution in [0.15, 0.2) is 11.6 Å². The third-order valence-electron chi connectivity index (χ3n) is 1.33. The molecule has 1 atom stereocenters. The first-order valence-electron chi connectivity index (χ1n) is 2.67. The predicted octanol–water partition coefficient (Wildman–Crippen LogP) is -0.298. The van der Waals surface area contributed by atoms with Crippen molar-refractivity contribution in [2.24, 2.45) is 5.92 Å². The van der Waals surface area contributed by atoms with Gasteiger partial charge in [0.05, 0.1) is 5.97 Å². The molecule has 0 aromatic rings. The van der Waals surface area contributed by atoms with E-state index in [4.69, 9.17) is 0 Å². The van der Waals surface area contributed by atoms with Crippen LogP contribution in [-0.2, 0) is 4.79 Å². The van der Waals surface area contributed by atoms with Crippen LogP contribution < -0.4 is 5.11 Å². The van der Waals surface area contributed by atoms with E-state index in [0.717, 1.165) is 12.0 Å². The highest BCUT2D eigenvalue weighted by Crippen LogP contribution is 2.30. The number of hydrogen-bond acceptors (Lipinski definition) is 2. The molecular weight excluding hydrogens is 104 g/mol. The first-order valence-corrected chi connectivity index (χ1v) is 2.67. The summed E-state index contributed by atoms with van der Waals surface area (Å²) >= 11 is 0. The van der Waals surface area contributed by atoms with Crippen molar-refractivity contribution in [3.63, 3.8) is 0 Å². The molecule has 0 aromatic carbocycles. The third-order valence-corrected chi connectivity index (χ3v) is 1.33. The molecular formula is C6H7O2-. The zero-order valence-corrected chi connectivity index (χ0v) is 4.68. The van der Waals surface area contributed by atoms with E-state index in [9.17, 15) is 9.90 Å². The average molecular weight is 111 g/mol. The van der Waals surface area contributed by atoms with Gasteiger partial charge >= 0.3 is 0 Å². The van der Waals surface area contributed by atoms with Gasteiger partial charge in [-0.2, -0.15) is 0 Å². The van der Waals surface area contributed by atoms with Crippen molar-refractivity contribution in [1.29, 1.82) is 0 Å². The SMILES string of the molecule is CCC1=CC1C(=O)[O-]. The first-order chi connectivity index (χ1) is 3.75. The molecule has 0 saturated carbocycles. The number of rotatable bonds is 2. The summed E-state index contributed by atoms with van der Waals surface area (Å²) in [7, 11) is 0. The van der Waals surface area contributed by atoms with Crippen LogP contribution in [0.25, 0.3) is 0 Å². The van der Waals surface area contributed by atoms with Crippen molar-refractivity contribution in [2.75, 3.05) is 0 Å². The van der Waals surface area contributed by atoms with Gasteiger partial charge in [-0.15, -0.1) is 0 Å². The van der Waals surface area contributed by atoms with Crippen molar-refractivity contribution >= 4 is 5.97 Å². The van der Waals surface area contributed by atoms with Gasteiger partial charge in [0.15, 0.2) is 0 Å². The van der Waals surface area contributed by atoms with E-state index in [1.54, 1.807) is 6.08 Å². The predicted molar refractivity (Wildman–Crippen MR) is 26.9 cm³/mol. The molecule has 2 nitrogen and oxygen atoms in total. The van der Waals surface area contributed by atoms with Gasteiger partial charge in [-0.3, -0.25) is 0 Å². The number of carbonyl (C=O) groups is 1. The van der Waals surface area contributed by atoms with Gasteiger partial charge in [0.1, 0.15) is 0 Å². The summed E-state index contributed by atoms with van der Waals surface area (Å²) in [6, 6.07) is 0. The second kappa shape index (κ2) is 1.62. The minimum Gasteiger partial charge on any atom is -0.549 e. The number of carboxylic acid groups (broad SMARTS) is 1. The zero-order chi connectivity index (χ0) is 6.15. The van der Waals surface area contributed by atoms with Gasteiger partial charge < -0.3 is 9.90 Å². The Morgan fingerprint density at radius 1 is 2.00 bits per heavy atom. The van der Waals surface area contributed by atoms with Crippen molar-refractivity contribution in [3.8, 4) is 0 Å². The van der Waals surface area contributed by atoms with E-state index >= 15 is 0 Å². The summed E-state index contributed by atoms with van der Waals surface area (Å²) in [4.78, 5) is 9.97. The lowest BCUT2D eigenvalue weighted by Crippen LogP contribution is -2.25. The fourth-order valence-corrected chi connectivity index (χ4v) is 0.723. The molecule has 0 saturated heterocycles. The molecule has 0 spiro atoms. The highest BCUT2D eigenvalue weighted by molar-refractivity contribution is 5.79. The Hall–Kier alpha value is -0.790. The Bertz CT molecular complexity index is 147. The number of aliphatic carboxylic acids is 1. The van der Waals surface area contributed by atoms with Crippen LogP contribution in [0, 0.1) is 5.92 Å². The number of carbonyl (C=O) groups excluding carboxylic acids is 1. The highest BCUT2D eigenvalue weighted by Gasteiger charge is 2.22. The quantitative estimate of drug-likeness (QED) is 0.459. The molecule has 1 unspecified atom stereocenters. The first kappa shape index (κ1) is 5.35. The van der Waals surface area contributed by atoms with Crippen molar-refractivity contribution in [3.05, 3.63) is 11.6 Å². The molecule has 0 heterocycles. The smallest absolute Gasteiger partial charge is 0.0524 e. The van der Waals surface area contributed by atoms with Crippen LogP contribution in [0.5, 0.6) is 0 Å². The summed E-state index contributed by atoms with van der Waals surface area (Å²) in [5.74, 6) is -1.28. The van der Waals surface area contributed by atoms with Crippen LogP contribution in [0.1, 0.15) is 13.3 Å². The van der Waals surface area contributed by atoms with Gasteiger partial charge in [0, 0.05) is 5.92 Å². The molecule has 0 radical (unpaired) electrons. The molecule has 0 fully saturated rings. The Kier molecular flexibility index (Phi) is 1.08. The van der Waals surface area contributed by atoms with Crippen LogP contribution >= 0.6 is 0 Å². The van der Waals surface area contributed by atoms with Crippen LogP contribution in [0.3, 0.4) is 0 Å². The molecule has 8 heavy (non-hydrogen) atoms. The van der Waals surface area contributed by atoms with Crippen LogP contribution in [-0.4, -0.2) is 5.97 Å². The van der Waals surface area contributed by atoms with E-state index in [1.165, 1.54) is 0 Å². The molecule has 0 N–H and O–H groups in total. The number of hydrogen-bond donors (Lipinski definition) is 0. The molecule has 44 valence electrons. The molecule has 0 amide bonds. The lowest BCUT2D eigenvalue weighted by molar-refractivity contribution is -0.307. The fourth-order valence-electron chi connectivity index (χ4n) is 0.723. The number of carboxylic acids is 1. The van der Waals surface area contributed by atoms with E-state index in [1.807, 2.05) is 6.92 Å². The fraction of sp³-hybridized carbons (Fsp3) is 0.500. The maximum atomic E-state index is 9.97.